The Kier molecular flexibility index (Phi) is 5.74. The Bertz CT molecular complexity index is 1040. The van der Waals surface area contributed by atoms with Gasteiger partial charge < -0.3 is 10.6 Å². The molecular formula is C19H23ClN4O2S. The molecule has 3 N–H and O–H groups in total. The van der Waals surface area contributed by atoms with Gasteiger partial charge in [-0.1, -0.05) is 12.1 Å². The van der Waals surface area contributed by atoms with E-state index >= 15 is 0 Å². The average molecular weight is 407 g/mol. The van der Waals surface area contributed by atoms with Crippen molar-refractivity contribution in [2.45, 2.75) is 35.7 Å². The molecule has 1 aromatic heterocycles. The summed E-state index contributed by atoms with van der Waals surface area (Å²) >= 11 is 0. The predicted molar refractivity (Wildman–Crippen MR) is 109 cm³/mol. The van der Waals surface area contributed by atoms with Gasteiger partial charge in [-0.25, -0.2) is 8.42 Å². The molecule has 0 amide bonds. The quantitative estimate of drug-likeness (QED) is 0.618. The number of halogens is 1. The van der Waals surface area contributed by atoms with Crippen molar-refractivity contribution in [2.24, 2.45) is 0 Å². The molecule has 0 unspecified atom stereocenters. The van der Waals surface area contributed by atoms with Crippen LogP contribution in [0.4, 0.5) is 5.69 Å². The number of nitrogens with one attached hydrogen (secondary N) is 3. The van der Waals surface area contributed by atoms with Crippen molar-refractivity contribution >= 4 is 38.8 Å². The Balaban J connectivity index is 0.00000210. The van der Waals surface area contributed by atoms with E-state index in [9.17, 15) is 8.42 Å². The smallest absolute Gasteiger partial charge is 0.223 e. The number of hydrogen-bond donors (Lipinski definition) is 3. The van der Waals surface area contributed by atoms with Gasteiger partial charge in [0.25, 0.3) is 0 Å². The van der Waals surface area contributed by atoms with Crippen molar-refractivity contribution in [1.82, 2.24) is 15.5 Å². The van der Waals surface area contributed by atoms with E-state index in [1.165, 1.54) is 0 Å². The second-order valence-electron chi connectivity index (χ2n) is 6.77. The molecule has 6 nitrogen and oxygen atoms in total. The first kappa shape index (κ1) is 19.7. The zero-order valence-corrected chi connectivity index (χ0v) is 16.7. The molecule has 1 aliphatic heterocycles. The van der Waals surface area contributed by atoms with Gasteiger partial charge >= 0.3 is 0 Å². The van der Waals surface area contributed by atoms with E-state index in [1.54, 1.807) is 18.2 Å². The molecule has 0 atom stereocenters. The highest BCUT2D eigenvalue weighted by Crippen LogP contribution is 2.29. The van der Waals surface area contributed by atoms with E-state index in [1.807, 2.05) is 31.2 Å². The van der Waals surface area contributed by atoms with Crippen LogP contribution in [-0.4, -0.2) is 37.7 Å². The molecule has 0 radical (unpaired) electrons. The molecule has 3 aromatic rings. The lowest BCUT2D eigenvalue weighted by atomic mass is 10.1. The maximum absolute atomic E-state index is 13.1. The van der Waals surface area contributed by atoms with Crippen molar-refractivity contribution in [3.63, 3.8) is 0 Å². The topological polar surface area (TPSA) is 86.9 Å². The van der Waals surface area contributed by atoms with Gasteiger partial charge in [0.15, 0.2) is 5.03 Å². The highest BCUT2D eigenvalue weighted by Gasteiger charge is 2.23. The number of sulfone groups is 1. The van der Waals surface area contributed by atoms with Crippen LogP contribution in [0.25, 0.3) is 10.9 Å². The summed E-state index contributed by atoms with van der Waals surface area (Å²) in [6, 6.07) is 13.0. The Morgan fingerprint density at radius 2 is 1.89 bits per heavy atom. The van der Waals surface area contributed by atoms with Crippen molar-refractivity contribution in [1.29, 1.82) is 0 Å². The predicted octanol–water partition coefficient (Wildman–Crippen LogP) is 3.29. The summed E-state index contributed by atoms with van der Waals surface area (Å²) in [5.41, 5.74) is 2.47. The highest BCUT2D eigenvalue weighted by molar-refractivity contribution is 7.91. The Hall–Kier alpha value is -2.09. The lowest BCUT2D eigenvalue weighted by Gasteiger charge is -2.24. The molecule has 0 bridgehead atoms. The van der Waals surface area contributed by atoms with Gasteiger partial charge in [-0.15, -0.1) is 12.4 Å². The van der Waals surface area contributed by atoms with E-state index in [-0.39, 0.29) is 22.3 Å². The summed E-state index contributed by atoms with van der Waals surface area (Å²) in [6.45, 7) is 3.88. The fraction of sp³-hybridized carbons (Fsp3) is 0.316. The van der Waals surface area contributed by atoms with Crippen molar-refractivity contribution in [3.8, 4) is 0 Å². The zero-order valence-electron chi connectivity index (χ0n) is 15.0. The van der Waals surface area contributed by atoms with E-state index in [0.29, 0.717) is 16.9 Å². The number of fused-ring (bicyclic) bond motifs is 1. The average Bonchev–Trinajstić information content (AvgIpc) is 3.06. The van der Waals surface area contributed by atoms with Gasteiger partial charge in [0.2, 0.25) is 9.84 Å². The molecule has 0 saturated carbocycles. The number of anilines is 1. The third kappa shape index (κ3) is 3.95. The Morgan fingerprint density at radius 3 is 2.63 bits per heavy atom. The maximum atomic E-state index is 13.1. The molecule has 27 heavy (non-hydrogen) atoms. The third-order valence-electron chi connectivity index (χ3n) is 4.80. The van der Waals surface area contributed by atoms with E-state index in [2.05, 4.69) is 20.8 Å². The molecule has 2 aromatic carbocycles. The van der Waals surface area contributed by atoms with Gasteiger partial charge in [-0.05, 0) is 68.8 Å². The van der Waals surface area contributed by atoms with Gasteiger partial charge in [0, 0.05) is 17.1 Å². The number of hydrogen-bond acceptors (Lipinski definition) is 5. The first-order chi connectivity index (χ1) is 12.5. The lowest BCUT2D eigenvalue weighted by molar-refractivity contribution is 0.479. The molecule has 1 fully saturated rings. The number of nitrogens with zero attached hydrogens (tertiary/aromatic N) is 1. The van der Waals surface area contributed by atoms with Crippen LogP contribution >= 0.6 is 12.4 Å². The van der Waals surface area contributed by atoms with Crippen LogP contribution in [0.2, 0.25) is 0 Å². The molecule has 144 valence electrons. The van der Waals surface area contributed by atoms with Crippen LogP contribution in [0, 0.1) is 6.92 Å². The summed E-state index contributed by atoms with van der Waals surface area (Å²) in [4.78, 5) is 0.278. The lowest BCUT2D eigenvalue weighted by Crippen LogP contribution is -2.35. The summed E-state index contributed by atoms with van der Waals surface area (Å²) in [7, 11) is -3.65. The van der Waals surface area contributed by atoms with Gasteiger partial charge in [-0.3, -0.25) is 5.10 Å². The molecule has 1 aliphatic rings. The standard InChI is InChI=1S/C19H22N4O2S.ClH/c1-13-3-2-4-16(11-13)26(24,25)19-17-12-15(5-6-18(17)22-23-19)21-14-7-9-20-10-8-14;/h2-6,11-12,14,20-21H,7-10H2,1H3,(H,22,23);1H. The van der Waals surface area contributed by atoms with Crippen molar-refractivity contribution in [2.75, 3.05) is 18.4 Å². The molecule has 4 rings (SSSR count). The van der Waals surface area contributed by atoms with Crippen LogP contribution in [0.5, 0.6) is 0 Å². The second-order valence-corrected chi connectivity index (χ2v) is 8.66. The molecular weight excluding hydrogens is 384 g/mol. The first-order valence-corrected chi connectivity index (χ1v) is 10.3. The zero-order chi connectivity index (χ0) is 18.1. The van der Waals surface area contributed by atoms with Crippen LogP contribution in [0.3, 0.4) is 0 Å². The summed E-state index contributed by atoms with van der Waals surface area (Å²) in [6.07, 6.45) is 2.11. The number of piperidine rings is 1. The third-order valence-corrected chi connectivity index (χ3v) is 6.52. The fourth-order valence-electron chi connectivity index (χ4n) is 3.38. The summed E-state index contributed by atoms with van der Waals surface area (Å²) in [5, 5.41) is 14.5. The van der Waals surface area contributed by atoms with Crippen LogP contribution in [0.1, 0.15) is 18.4 Å². The normalized spacial score (nSPS) is 15.4. The molecule has 2 heterocycles. The minimum atomic E-state index is -3.65. The van der Waals surface area contributed by atoms with Gasteiger partial charge in [0.05, 0.1) is 10.4 Å². The van der Waals surface area contributed by atoms with Crippen LogP contribution in [0.15, 0.2) is 52.4 Å². The highest BCUT2D eigenvalue weighted by atomic mass is 35.5. The van der Waals surface area contributed by atoms with E-state index in [4.69, 9.17) is 0 Å². The summed E-state index contributed by atoms with van der Waals surface area (Å²) in [5.74, 6) is 0. The second kappa shape index (κ2) is 7.88. The van der Waals surface area contributed by atoms with Crippen molar-refractivity contribution < 1.29 is 8.42 Å². The van der Waals surface area contributed by atoms with Crippen LogP contribution in [-0.2, 0) is 9.84 Å². The largest absolute Gasteiger partial charge is 0.382 e. The molecule has 8 heteroatoms. The number of H-pyrrole nitrogens is 1. The number of aromatic amines is 1. The minimum absolute atomic E-state index is 0. The molecule has 1 saturated heterocycles. The van der Waals surface area contributed by atoms with Crippen molar-refractivity contribution in [3.05, 3.63) is 48.0 Å². The number of rotatable bonds is 4. The molecule has 0 spiro atoms. The minimum Gasteiger partial charge on any atom is -0.382 e. The van der Waals surface area contributed by atoms with Gasteiger partial charge in [-0.2, -0.15) is 5.10 Å². The monoisotopic (exact) mass is 406 g/mol. The number of benzene rings is 2. The SMILES string of the molecule is Cc1cccc(S(=O)(=O)c2[nH]nc3ccc(NC4CCNCC4)cc23)c1.Cl. The van der Waals surface area contributed by atoms with Gasteiger partial charge in [0.1, 0.15) is 0 Å². The maximum Gasteiger partial charge on any atom is 0.223 e. The Labute approximate surface area is 165 Å². The number of aryl methyl sites for hydroxylation is 1. The molecule has 0 aliphatic carbocycles. The van der Waals surface area contributed by atoms with E-state index in [0.717, 1.165) is 37.2 Å². The van der Waals surface area contributed by atoms with Crippen LogP contribution < -0.4 is 10.6 Å². The summed E-state index contributed by atoms with van der Waals surface area (Å²) < 4.78 is 26.1. The van der Waals surface area contributed by atoms with E-state index < -0.39 is 9.84 Å². The fourth-order valence-corrected chi connectivity index (χ4v) is 4.84. The number of aromatic nitrogens is 2. The first-order valence-electron chi connectivity index (χ1n) is 8.81. The Morgan fingerprint density at radius 1 is 1.11 bits per heavy atom.